The first-order valence-electron chi connectivity index (χ1n) is 7.69. The molecule has 1 aromatic heterocycles. The van der Waals surface area contributed by atoms with Crippen LogP contribution in [0.2, 0.25) is 0 Å². The molecule has 1 fully saturated rings. The maximum absolute atomic E-state index is 13.4. The minimum absolute atomic E-state index is 0.246. The molecule has 0 saturated heterocycles. The molecule has 3 heterocycles. The van der Waals surface area contributed by atoms with Crippen LogP contribution in [0.1, 0.15) is 38.2 Å². The van der Waals surface area contributed by atoms with Gasteiger partial charge in [-0.15, -0.1) is 0 Å². The zero-order valence-electron chi connectivity index (χ0n) is 12.8. The Labute approximate surface area is 143 Å². The minimum Gasteiger partial charge on any atom is -0.477 e. The first kappa shape index (κ1) is 15.4. The number of amidine groups is 1. The number of hydrogen-bond acceptors (Lipinski definition) is 6. The van der Waals surface area contributed by atoms with Gasteiger partial charge in [0.05, 0.1) is 11.9 Å². The number of fused-ring (bicyclic) bond motifs is 3. The van der Waals surface area contributed by atoms with Crippen molar-refractivity contribution < 1.29 is 13.2 Å². The summed E-state index contributed by atoms with van der Waals surface area (Å²) in [6.07, 6.45) is 4.05. The lowest BCUT2D eigenvalue weighted by molar-refractivity contribution is 0.298. The number of halogens is 1. The van der Waals surface area contributed by atoms with E-state index in [2.05, 4.69) is 20.9 Å². The Bertz CT molecular complexity index is 819. The summed E-state index contributed by atoms with van der Waals surface area (Å²) in [5.41, 5.74) is 5.90. The van der Waals surface area contributed by atoms with Crippen molar-refractivity contribution in [1.29, 1.82) is 0 Å². The number of nitrogens with zero attached hydrogens (tertiary/aromatic N) is 2. The summed E-state index contributed by atoms with van der Waals surface area (Å²) in [5.74, 6) is 0.685. The van der Waals surface area contributed by atoms with Gasteiger partial charge in [-0.2, -0.15) is 0 Å². The molecule has 0 unspecified atom stereocenters. The molecule has 8 heteroatoms. The number of hydrogen-bond donors (Lipinski definition) is 1. The molecule has 2 N–H and O–H groups in total. The second kappa shape index (κ2) is 4.69. The molecule has 0 bridgehead atoms. The third kappa shape index (κ3) is 1.82. The van der Waals surface area contributed by atoms with Gasteiger partial charge >= 0.3 is 0 Å². The summed E-state index contributed by atoms with van der Waals surface area (Å²) in [6, 6.07) is 1.84. The van der Waals surface area contributed by atoms with Crippen molar-refractivity contribution in [1.82, 2.24) is 4.98 Å². The lowest BCUT2D eigenvalue weighted by Gasteiger charge is -2.50. The molecule has 0 aromatic carbocycles. The molecule has 1 aliphatic carbocycles. The van der Waals surface area contributed by atoms with Crippen molar-refractivity contribution in [2.24, 2.45) is 10.7 Å². The Morgan fingerprint density at radius 1 is 1.43 bits per heavy atom. The van der Waals surface area contributed by atoms with Crippen LogP contribution < -0.4 is 10.5 Å². The normalized spacial score (nSPS) is 33.5. The molecular weight excluding hydrogens is 382 g/mol. The summed E-state index contributed by atoms with van der Waals surface area (Å²) in [5, 5.41) is -0.639. The zero-order valence-corrected chi connectivity index (χ0v) is 15.2. The monoisotopic (exact) mass is 399 g/mol. The second-order valence-electron chi connectivity index (χ2n) is 6.67. The Morgan fingerprint density at radius 3 is 2.83 bits per heavy atom. The van der Waals surface area contributed by atoms with E-state index in [9.17, 15) is 8.42 Å². The second-order valence-corrected chi connectivity index (χ2v) is 10.0. The number of aromatic nitrogens is 1. The topological polar surface area (TPSA) is 94.6 Å². The molecule has 1 aromatic rings. The zero-order chi connectivity index (χ0) is 16.5. The Kier molecular flexibility index (Phi) is 3.14. The number of pyridine rings is 1. The van der Waals surface area contributed by atoms with Gasteiger partial charge in [-0.3, -0.25) is 4.99 Å². The molecule has 3 aliphatic rings. The highest BCUT2D eigenvalue weighted by Gasteiger charge is 2.63. The third-order valence-corrected chi connectivity index (χ3v) is 9.09. The number of nitrogens with two attached hydrogens (primary N) is 1. The minimum atomic E-state index is -3.45. The molecule has 4 rings (SSSR count). The van der Waals surface area contributed by atoms with Crippen LogP contribution in [0.4, 0.5) is 0 Å². The van der Waals surface area contributed by atoms with Gasteiger partial charge in [0.25, 0.3) is 0 Å². The summed E-state index contributed by atoms with van der Waals surface area (Å²) in [4.78, 5) is 9.01. The number of sulfone groups is 1. The van der Waals surface area contributed by atoms with Crippen molar-refractivity contribution in [3.8, 4) is 5.88 Å². The lowest BCUT2D eigenvalue weighted by Crippen LogP contribution is -2.65. The molecule has 23 heavy (non-hydrogen) atoms. The van der Waals surface area contributed by atoms with Gasteiger partial charge in [0.2, 0.25) is 5.88 Å². The van der Waals surface area contributed by atoms with E-state index in [4.69, 9.17) is 15.5 Å². The molecule has 1 spiro atoms. The van der Waals surface area contributed by atoms with Crippen LogP contribution in [0.3, 0.4) is 0 Å². The first-order valence-corrected chi connectivity index (χ1v) is 10.0. The van der Waals surface area contributed by atoms with E-state index in [1.54, 1.807) is 6.20 Å². The van der Waals surface area contributed by atoms with Crippen molar-refractivity contribution in [2.45, 2.75) is 48.1 Å². The predicted molar refractivity (Wildman–Crippen MR) is 90.3 cm³/mol. The molecule has 124 valence electrons. The van der Waals surface area contributed by atoms with E-state index in [-0.39, 0.29) is 5.84 Å². The predicted octanol–water partition coefficient (Wildman–Crippen LogP) is 1.92. The van der Waals surface area contributed by atoms with Crippen LogP contribution in [0.5, 0.6) is 5.88 Å². The van der Waals surface area contributed by atoms with Gasteiger partial charge in [0, 0.05) is 22.7 Å². The Morgan fingerprint density at radius 2 is 2.17 bits per heavy atom. The van der Waals surface area contributed by atoms with Crippen LogP contribution in [-0.4, -0.2) is 35.8 Å². The SMILES string of the molecule is C[C@]12N=C(N)C3(CCC3)S(=O)(=O)[C@@H]1CCOc1ncc(Br)cc12. The van der Waals surface area contributed by atoms with E-state index in [1.807, 2.05) is 13.0 Å². The third-order valence-electron chi connectivity index (χ3n) is 5.51. The van der Waals surface area contributed by atoms with E-state index >= 15 is 0 Å². The fraction of sp³-hybridized carbons (Fsp3) is 0.600. The smallest absolute Gasteiger partial charge is 0.219 e. The van der Waals surface area contributed by atoms with Gasteiger partial charge in [-0.25, -0.2) is 13.4 Å². The van der Waals surface area contributed by atoms with Crippen LogP contribution in [-0.2, 0) is 15.4 Å². The number of aliphatic imine (C=N–C) groups is 1. The highest BCUT2D eigenvalue weighted by molar-refractivity contribution is 9.10. The fourth-order valence-electron chi connectivity index (χ4n) is 4.02. The molecule has 0 amide bonds. The van der Waals surface area contributed by atoms with Crippen LogP contribution >= 0.6 is 15.9 Å². The largest absolute Gasteiger partial charge is 0.477 e. The van der Waals surface area contributed by atoms with Gasteiger partial charge in [0.1, 0.15) is 16.1 Å². The standard InChI is InChI=1S/C15H18BrN3O3S/c1-14-10-7-9(16)8-18-12(10)22-6-3-11(14)23(20,21)15(4-2-5-15)13(17)19-14/h7-8,11H,2-6H2,1H3,(H2,17,19)/t11-,14-/m1/s1. The number of ether oxygens (including phenoxy) is 1. The van der Waals surface area contributed by atoms with E-state index in [0.717, 1.165) is 10.9 Å². The summed E-state index contributed by atoms with van der Waals surface area (Å²) >= 11 is 3.40. The summed E-state index contributed by atoms with van der Waals surface area (Å²) in [6.45, 7) is 2.14. The van der Waals surface area contributed by atoms with Crippen molar-refractivity contribution in [3.63, 3.8) is 0 Å². The van der Waals surface area contributed by atoms with Crippen molar-refractivity contribution in [3.05, 3.63) is 22.3 Å². The Hall–Kier alpha value is -1.15. The van der Waals surface area contributed by atoms with Crippen molar-refractivity contribution >= 4 is 31.6 Å². The molecule has 1 saturated carbocycles. The van der Waals surface area contributed by atoms with Crippen LogP contribution in [0.25, 0.3) is 0 Å². The first-order chi connectivity index (χ1) is 10.8. The van der Waals surface area contributed by atoms with Crippen LogP contribution in [0, 0.1) is 0 Å². The maximum atomic E-state index is 13.4. The van der Waals surface area contributed by atoms with Gasteiger partial charge in [-0.1, -0.05) is 0 Å². The van der Waals surface area contributed by atoms with E-state index in [0.29, 0.717) is 37.3 Å². The molecule has 2 atom stereocenters. The average molecular weight is 400 g/mol. The molecule has 6 nitrogen and oxygen atoms in total. The summed E-state index contributed by atoms with van der Waals surface area (Å²) in [7, 11) is -3.45. The van der Waals surface area contributed by atoms with E-state index < -0.39 is 25.4 Å². The molecule has 2 aliphatic heterocycles. The lowest BCUT2D eigenvalue weighted by atomic mass is 9.81. The van der Waals surface area contributed by atoms with Crippen LogP contribution in [0.15, 0.2) is 21.7 Å². The van der Waals surface area contributed by atoms with Gasteiger partial charge < -0.3 is 10.5 Å². The highest BCUT2D eigenvalue weighted by atomic mass is 79.9. The maximum Gasteiger partial charge on any atom is 0.219 e. The van der Waals surface area contributed by atoms with Gasteiger partial charge in [-0.05, 0) is 48.2 Å². The van der Waals surface area contributed by atoms with E-state index in [1.165, 1.54) is 0 Å². The fourth-order valence-corrected chi connectivity index (χ4v) is 7.28. The van der Waals surface area contributed by atoms with Gasteiger partial charge in [0.15, 0.2) is 9.84 Å². The average Bonchev–Trinajstić information content (AvgIpc) is 2.54. The Balaban J connectivity index is 2.00. The summed E-state index contributed by atoms with van der Waals surface area (Å²) < 4.78 is 32.2. The molecule has 0 radical (unpaired) electrons. The molecular formula is C15H18BrN3O3S. The van der Waals surface area contributed by atoms with Crippen molar-refractivity contribution in [2.75, 3.05) is 6.61 Å². The quantitative estimate of drug-likeness (QED) is 0.718. The number of rotatable bonds is 0. The highest BCUT2D eigenvalue weighted by Crippen LogP contribution is 2.53.